The maximum atomic E-state index is 5.98. The van der Waals surface area contributed by atoms with E-state index in [2.05, 4.69) is 24.1 Å². The average molecular weight is 233 g/mol. The topological polar surface area (TPSA) is 50.9 Å². The fourth-order valence-electron chi connectivity index (χ4n) is 2.46. The summed E-state index contributed by atoms with van der Waals surface area (Å²) in [6, 6.07) is 2.46. The molecule has 0 bridgehead atoms. The van der Waals surface area contributed by atoms with E-state index in [0.717, 1.165) is 30.5 Å². The molecule has 0 spiro atoms. The smallest absolute Gasteiger partial charge is 0.0378 e. The zero-order valence-corrected chi connectivity index (χ0v) is 10.8. The van der Waals surface area contributed by atoms with E-state index >= 15 is 0 Å². The number of rotatable bonds is 6. The Balaban J connectivity index is 1.99. The van der Waals surface area contributed by atoms with Gasteiger partial charge in [0.1, 0.15) is 0 Å². The number of aromatic nitrogens is 1. The molecule has 0 aliphatic heterocycles. The molecule has 3 atom stereocenters. The van der Waals surface area contributed by atoms with Crippen LogP contribution in [-0.2, 0) is 6.42 Å². The third kappa shape index (κ3) is 3.19. The van der Waals surface area contributed by atoms with Crippen LogP contribution in [-0.4, -0.2) is 17.6 Å². The highest BCUT2D eigenvalue weighted by Crippen LogP contribution is 2.41. The van der Waals surface area contributed by atoms with Gasteiger partial charge in [-0.05, 0) is 49.3 Å². The molecule has 94 valence electrons. The summed E-state index contributed by atoms with van der Waals surface area (Å²) in [7, 11) is 0. The molecule has 0 amide bonds. The van der Waals surface area contributed by atoms with Crippen LogP contribution in [0.5, 0.6) is 0 Å². The first-order valence-electron chi connectivity index (χ1n) is 6.64. The molecule has 0 saturated heterocycles. The number of nitrogens with one attached hydrogen (secondary N) is 1. The molecular weight excluding hydrogens is 210 g/mol. The van der Waals surface area contributed by atoms with Crippen LogP contribution in [0.4, 0.5) is 5.69 Å². The predicted octanol–water partition coefficient (Wildman–Crippen LogP) is 2.23. The van der Waals surface area contributed by atoms with Crippen molar-refractivity contribution in [2.45, 2.75) is 39.2 Å². The molecule has 2 rings (SSSR count). The van der Waals surface area contributed by atoms with E-state index in [1.165, 1.54) is 18.4 Å². The normalized spacial score (nSPS) is 24.6. The van der Waals surface area contributed by atoms with Crippen molar-refractivity contribution in [2.75, 3.05) is 12.3 Å². The molecule has 1 heterocycles. The molecule has 3 N–H and O–H groups in total. The summed E-state index contributed by atoms with van der Waals surface area (Å²) in [4.78, 5) is 4.17. The number of nitrogens with zero attached hydrogens (tertiary/aromatic N) is 1. The molecule has 3 nitrogen and oxygen atoms in total. The van der Waals surface area contributed by atoms with Crippen LogP contribution in [0.15, 0.2) is 18.5 Å². The van der Waals surface area contributed by atoms with Crippen molar-refractivity contribution in [3.05, 3.63) is 24.0 Å². The van der Waals surface area contributed by atoms with E-state index in [4.69, 9.17) is 5.73 Å². The lowest BCUT2D eigenvalue weighted by molar-refractivity contribution is 0.443. The Morgan fingerprint density at radius 1 is 1.59 bits per heavy atom. The second kappa shape index (κ2) is 5.50. The van der Waals surface area contributed by atoms with Crippen molar-refractivity contribution in [3.8, 4) is 0 Å². The largest absolute Gasteiger partial charge is 0.398 e. The van der Waals surface area contributed by atoms with E-state index in [9.17, 15) is 0 Å². The van der Waals surface area contributed by atoms with Crippen LogP contribution in [0.3, 0.4) is 0 Å². The van der Waals surface area contributed by atoms with Crippen molar-refractivity contribution in [3.63, 3.8) is 0 Å². The molecule has 1 aromatic rings. The lowest BCUT2D eigenvalue weighted by atomic mass is 10.0. The first kappa shape index (κ1) is 12.4. The molecule has 3 heteroatoms. The second-order valence-corrected chi connectivity index (χ2v) is 5.22. The highest BCUT2D eigenvalue weighted by Gasteiger charge is 2.39. The summed E-state index contributed by atoms with van der Waals surface area (Å²) >= 11 is 0. The van der Waals surface area contributed by atoms with Crippen LogP contribution in [0.2, 0.25) is 0 Å². The third-order valence-electron chi connectivity index (χ3n) is 3.73. The Morgan fingerprint density at radius 2 is 2.35 bits per heavy atom. The predicted molar refractivity (Wildman–Crippen MR) is 71.7 cm³/mol. The number of anilines is 1. The minimum absolute atomic E-state index is 0.566. The van der Waals surface area contributed by atoms with Crippen LogP contribution < -0.4 is 11.1 Å². The van der Waals surface area contributed by atoms with E-state index in [-0.39, 0.29) is 0 Å². The summed E-state index contributed by atoms with van der Waals surface area (Å²) in [6.07, 6.45) is 7.20. The fraction of sp³-hybridized carbons (Fsp3) is 0.643. The van der Waals surface area contributed by atoms with Crippen molar-refractivity contribution >= 4 is 5.69 Å². The number of hydrogen-bond acceptors (Lipinski definition) is 3. The molecule has 3 unspecified atom stereocenters. The van der Waals surface area contributed by atoms with Gasteiger partial charge in [0.05, 0.1) is 0 Å². The number of nitrogen functional groups attached to an aromatic ring is 1. The number of nitrogens with two attached hydrogens (primary N) is 1. The molecule has 1 fully saturated rings. The minimum Gasteiger partial charge on any atom is -0.398 e. The molecular formula is C14H23N3. The summed E-state index contributed by atoms with van der Waals surface area (Å²) in [5.41, 5.74) is 8.04. The van der Waals surface area contributed by atoms with Crippen LogP contribution in [0.25, 0.3) is 0 Å². The van der Waals surface area contributed by atoms with Gasteiger partial charge in [-0.2, -0.15) is 0 Å². The molecule has 1 aliphatic rings. The highest BCUT2D eigenvalue weighted by molar-refractivity contribution is 5.44. The minimum atomic E-state index is 0.566. The van der Waals surface area contributed by atoms with Crippen LogP contribution >= 0.6 is 0 Å². The Kier molecular flexibility index (Phi) is 4.00. The standard InChI is InChI=1S/C14H23N3/c1-3-5-17-14(12-7-10(12)2)8-11-9-16-6-4-13(11)15/h4,6,9-10,12,14,17H,3,5,7-8H2,1-2H3,(H2,15,16). The van der Waals surface area contributed by atoms with Gasteiger partial charge in [-0.15, -0.1) is 0 Å². The van der Waals surface area contributed by atoms with Gasteiger partial charge in [0.15, 0.2) is 0 Å². The summed E-state index contributed by atoms with van der Waals surface area (Å²) < 4.78 is 0. The molecule has 0 aromatic carbocycles. The Morgan fingerprint density at radius 3 is 2.94 bits per heavy atom. The molecule has 1 aromatic heterocycles. The lowest BCUT2D eigenvalue weighted by Crippen LogP contribution is -2.34. The summed E-state index contributed by atoms with van der Waals surface area (Å²) in [6.45, 7) is 5.63. The first-order valence-corrected chi connectivity index (χ1v) is 6.64. The second-order valence-electron chi connectivity index (χ2n) is 5.22. The van der Waals surface area contributed by atoms with E-state index in [0.29, 0.717) is 6.04 Å². The summed E-state index contributed by atoms with van der Waals surface area (Å²) in [5, 5.41) is 3.65. The van der Waals surface area contributed by atoms with Crippen molar-refractivity contribution in [1.82, 2.24) is 10.3 Å². The zero-order valence-electron chi connectivity index (χ0n) is 10.8. The van der Waals surface area contributed by atoms with Gasteiger partial charge in [0, 0.05) is 24.1 Å². The zero-order chi connectivity index (χ0) is 12.3. The van der Waals surface area contributed by atoms with Crippen LogP contribution in [0, 0.1) is 11.8 Å². The Hall–Kier alpha value is -1.09. The van der Waals surface area contributed by atoms with Gasteiger partial charge in [0.25, 0.3) is 0 Å². The summed E-state index contributed by atoms with van der Waals surface area (Å²) in [5.74, 6) is 1.68. The Labute approximate surface area is 104 Å². The number of pyridine rings is 1. The highest BCUT2D eigenvalue weighted by atomic mass is 14.9. The van der Waals surface area contributed by atoms with Crippen molar-refractivity contribution < 1.29 is 0 Å². The molecule has 0 radical (unpaired) electrons. The lowest BCUT2D eigenvalue weighted by Gasteiger charge is -2.19. The molecule has 1 aliphatic carbocycles. The fourth-order valence-corrected chi connectivity index (χ4v) is 2.46. The quantitative estimate of drug-likeness (QED) is 0.792. The maximum Gasteiger partial charge on any atom is 0.0378 e. The van der Waals surface area contributed by atoms with Crippen molar-refractivity contribution in [2.24, 2.45) is 11.8 Å². The maximum absolute atomic E-state index is 5.98. The first-order chi connectivity index (χ1) is 8.22. The SMILES string of the molecule is CCCNC(Cc1cnccc1N)C1CC1C. The van der Waals surface area contributed by atoms with Crippen molar-refractivity contribution in [1.29, 1.82) is 0 Å². The van der Waals surface area contributed by atoms with E-state index < -0.39 is 0 Å². The van der Waals surface area contributed by atoms with Gasteiger partial charge in [0.2, 0.25) is 0 Å². The number of hydrogen-bond donors (Lipinski definition) is 2. The monoisotopic (exact) mass is 233 g/mol. The van der Waals surface area contributed by atoms with E-state index in [1.807, 2.05) is 12.3 Å². The van der Waals surface area contributed by atoms with Gasteiger partial charge in [-0.25, -0.2) is 0 Å². The molecule has 1 saturated carbocycles. The Bertz CT molecular complexity index is 364. The van der Waals surface area contributed by atoms with Gasteiger partial charge < -0.3 is 11.1 Å². The van der Waals surface area contributed by atoms with Gasteiger partial charge in [-0.3, -0.25) is 4.98 Å². The third-order valence-corrected chi connectivity index (χ3v) is 3.73. The average Bonchev–Trinajstić information content (AvgIpc) is 3.04. The van der Waals surface area contributed by atoms with Gasteiger partial charge in [-0.1, -0.05) is 13.8 Å². The van der Waals surface area contributed by atoms with Gasteiger partial charge >= 0.3 is 0 Å². The van der Waals surface area contributed by atoms with E-state index in [1.54, 1.807) is 6.20 Å². The molecule has 17 heavy (non-hydrogen) atoms. The van der Waals surface area contributed by atoms with Crippen LogP contribution in [0.1, 0.15) is 32.3 Å².